The number of aromatic nitrogens is 1. The monoisotopic (exact) mass is 523 g/mol. The smallest absolute Gasteiger partial charge is 0.505 e. The van der Waals surface area contributed by atoms with E-state index in [-0.39, 0.29) is 16.7 Å². The van der Waals surface area contributed by atoms with Crippen molar-refractivity contribution in [2.45, 2.75) is 25.7 Å². The van der Waals surface area contributed by atoms with Crippen LogP contribution in [0.2, 0.25) is 0 Å². The maximum Gasteiger partial charge on any atom is 0.573 e. The van der Waals surface area contributed by atoms with Gasteiger partial charge in [-0.1, -0.05) is 18.2 Å². The van der Waals surface area contributed by atoms with Crippen LogP contribution in [0.5, 0.6) is 11.5 Å². The lowest BCUT2D eigenvalue weighted by molar-refractivity contribution is -0.274. The predicted molar refractivity (Wildman–Crippen MR) is 124 cm³/mol. The zero-order valence-corrected chi connectivity index (χ0v) is 19.4. The first-order valence-electron chi connectivity index (χ1n) is 10.6. The average Bonchev–Trinajstić information content (AvgIpc) is 2.79. The van der Waals surface area contributed by atoms with Crippen molar-refractivity contribution in [3.63, 3.8) is 0 Å². The molecule has 1 aromatic heterocycles. The number of carboxylic acids is 1. The van der Waals surface area contributed by atoms with Crippen LogP contribution < -0.4 is 20.9 Å². The van der Waals surface area contributed by atoms with Gasteiger partial charge in [0, 0.05) is 24.4 Å². The molecular formula is C24H21F4N3O6. The Balaban J connectivity index is 1.93. The number of aliphatic carboxylic acids is 1. The number of halogens is 4. The summed E-state index contributed by atoms with van der Waals surface area (Å²) >= 11 is 0. The molecule has 0 radical (unpaired) electrons. The number of aromatic hydroxyl groups is 1. The van der Waals surface area contributed by atoms with E-state index in [2.05, 4.69) is 15.4 Å². The van der Waals surface area contributed by atoms with Crippen molar-refractivity contribution in [3.8, 4) is 22.6 Å². The Morgan fingerprint density at radius 2 is 1.78 bits per heavy atom. The molecule has 0 aliphatic heterocycles. The molecule has 4 N–H and O–H groups in total. The van der Waals surface area contributed by atoms with Gasteiger partial charge in [0.05, 0.1) is 12.5 Å². The molecule has 0 spiro atoms. The number of carbonyl (C=O) groups excluding carboxylic acids is 1. The average molecular weight is 523 g/mol. The van der Waals surface area contributed by atoms with E-state index in [9.17, 15) is 42.2 Å². The van der Waals surface area contributed by atoms with Crippen molar-refractivity contribution in [3.05, 3.63) is 76.0 Å². The maximum absolute atomic E-state index is 14.8. The molecule has 0 fully saturated rings. The first-order chi connectivity index (χ1) is 17.2. The molecule has 0 saturated heterocycles. The molecule has 196 valence electrons. The summed E-state index contributed by atoms with van der Waals surface area (Å²) in [5, 5.41) is 23.8. The van der Waals surface area contributed by atoms with E-state index in [1.54, 1.807) is 6.92 Å². The van der Waals surface area contributed by atoms with Crippen molar-refractivity contribution >= 4 is 17.7 Å². The minimum Gasteiger partial charge on any atom is -0.505 e. The molecule has 0 bridgehead atoms. The fourth-order valence-corrected chi connectivity index (χ4v) is 3.51. The second-order valence-corrected chi connectivity index (χ2v) is 7.97. The Morgan fingerprint density at radius 1 is 1.11 bits per heavy atom. The lowest BCUT2D eigenvalue weighted by Gasteiger charge is -2.20. The van der Waals surface area contributed by atoms with Crippen LogP contribution in [-0.2, 0) is 11.8 Å². The molecular weight excluding hydrogens is 502 g/mol. The molecule has 1 atom stereocenters. The summed E-state index contributed by atoms with van der Waals surface area (Å²) in [6, 6.07) is 6.94. The number of urea groups is 1. The van der Waals surface area contributed by atoms with Gasteiger partial charge < -0.3 is 30.2 Å². The number of benzene rings is 2. The van der Waals surface area contributed by atoms with Crippen LogP contribution >= 0.6 is 0 Å². The molecule has 2 aromatic carbocycles. The number of aryl methyl sites for hydroxylation is 1. The van der Waals surface area contributed by atoms with Crippen molar-refractivity contribution in [1.29, 1.82) is 0 Å². The number of carbonyl (C=O) groups is 2. The Kier molecular flexibility index (Phi) is 7.75. The Morgan fingerprint density at radius 3 is 2.43 bits per heavy atom. The minimum atomic E-state index is -4.93. The van der Waals surface area contributed by atoms with Gasteiger partial charge in [0.25, 0.3) is 5.56 Å². The standard InChI is InChI=1S/C24H21F4N3O6/c1-12-8-19(32)21(22(35)31(12)2)30-23(36)29-18(11-20(33)34)16-10-14(6-7-17(16)25)13-4-3-5-15(9-13)37-24(26,27)28/h3-10,18,32H,11H2,1-2H3,(H,33,34)(H2,29,30,36)/t18-/m0/s1. The van der Waals surface area contributed by atoms with Crippen molar-refractivity contribution in [1.82, 2.24) is 9.88 Å². The van der Waals surface area contributed by atoms with Crippen LogP contribution in [0.4, 0.5) is 28.0 Å². The molecule has 0 aliphatic rings. The third-order valence-electron chi connectivity index (χ3n) is 5.34. The number of ether oxygens (including phenoxy) is 1. The highest BCUT2D eigenvalue weighted by Gasteiger charge is 2.31. The van der Waals surface area contributed by atoms with Crippen LogP contribution in [-0.4, -0.2) is 33.1 Å². The number of rotatable bonds is 7. The number of nitrogens with zero attached hydrogens (tertiary/aromatic N) is 1. The Bertz CT molecular complexity index is 1400. The van der Waals surface area contributed by atoms with Gasteiger partial charge in [0.2, 0.25) is 0 Å². The summed E-state index contributed by atoms with van der Waals surface area (Å²) in [5.74, 6) is -3.34. The van der Waals surface area contributed by atoms with Crippen molar-refractivity contribution < 1.29 is 42.1 Å². The second kappa shape index (κ2) is 10.6. The number of amides is 2. The number of anilines is 1. The summed E-state index contributed by atoms with van der Waals surface area (Å²) in [6.07, 6.45) is -5.70. The molecule has 0 aliphatic carbocycles. The van der Waals surface area contributed by atoms with E-state index in [1.807, 2.05) is 0 Å². The second-order valence-electron chi connectivity index (χ2n) is 7.97. The molecule has 2 amide bonds. The van der Waals surface area contributed by atoms with Gasteiger partial charge in [-0.25, -0.2) is 9.18 Å². The summed E-state index contributed by atoms with van der Waals surface area (Å²) in [5.41, 5.74) is -0.674. The van der Waals surface area contributed by atoms with Crippen molar-refractivity contribution in [2.75, 3.05) is 5.32 Å². The molecule has 1 heterocycles. The maximum atomic E-state index is 14.8. The zero-order valence-electron chi connectivity index (χ0n) is 19.4. The lowest BCUT2D eigenvalue weighted by atomic mass is 9.97. The quantitative estimate of drug-likeness (QED) is 0.339. The third kappa shape index (κ3) is 6.78. The normalized spacial score (nSPS) is 12.1. The van der Waals surface area contributed by atoms with Crippen LogP contribution in [0.25, 0.3) is 11.1 Å². The first-order valence-corrected chi connectivity index (χ1v) is 10.6. The fourth-order valence-electron chi connectivity index (χ4n) is 3.51. The number of pyridine rings is 1. The first kappa shape index (κ1) is 27.0. The van der Waals surface area contributed by atoms with Gasteiger partial charge in [0.1, 0.15) is 17.3 Å². The SMILES string of the molecule is Cc1cc(O)c(NC(=O)N[C@@H](CC(=O)O)c2cc(-c3cccc(OC(F)(F)F)c3)ccc2F)c(=O)n1C. The lowest BCUT2D eigenvalue weighted by Crippen LogP contribution is -2.36. The van der Waals surface area contributed by atoms with Crippen LogP contribution in [0, 0.1) is 12.7 Å². The molecule has 0 saturated carbocycles. The van der Waals surface area contributed by atoms with Gasteiger partial charge in [-0.05, 0) is 42.3 Å². The highest BCUT2D eigenvalue weighted by molar-refractivity contribution is 5.91. The minimum absolute atomic E-state index is 0.203. The van der Waals surface area contributed by atoms with E-state index < -0.39 is 59.4 Å². The van der Waals surface area contributed by atoms with E-state index in [4.69, 9.17) is 0 Å². The van der Waals surface area contributed by atoms with Gasteiger partial charge in [-0.15, -0.1) is 13.2 Å². The third-order valence-corrected chi connectivity index (χ3v) is 5.34. The number of nitrogens with one attached hydrogen (secondary N) is 2. The summed E-state index contributed by atoms with van der Waals surface area (Å²) in [6.45, 7) is 1.55. The highest BCUT2D eigenvalue weighted by Crippen LogP contribution is 2.31. The van der Waals surface area contributed by atoms with Crippen molar-refractivity contribution in [2.24, 2.45) is 7.05 Å². The Labute approximate surface area is 206 Å². The Hall–Kier alpha value is -4.55. The predicted octanol–water partition coefficient (Wildman–Crippen LogP) is 4.44. The molecule has 9 nitrogen and oxygen atoms in total. The summed E-state index contributed by atoms with van der Waals surface area (Å²) < 4.78 is 57.6. The van der Waals surface area contributed by atoms with Gasteiger partial charge in [-0.3, -0.25) is 9.59 Å². The van der Waals surface area contributed by atoms with Crippen LogP contribution in [0.15, 0.2) is 53.3 Å². The number of hydrogen-bond acceptors (Lipinski definition) is 5. The molecule has 3 rings (SSSR count). The van der Waals surface area contributed by atoms with Gasteiger partial charge in [0.15, 0.2) is 5.69 Å². The fraction of sp³-hybridized carbons (Fsp3) is 0.208. The molecule has 0 unspecified atom stereocenters. The molecule has 3 aromatic rings. The van der Waals surface area contributed by atoms with E-state index >= 15 is 0 Å². The van der Waals surface area contributed by atoms with Crippen LogP contribution in [0.3, 0.4) is 0 Å². The summed E-state index contributed by atoms with van der Waals surface area (Å²) in [4.78, 5) is 36.4. The summed E-state index contributed by atoms with van der Waals surface area (Å²) in [7, 11) is 1.41. The number of hydrogen-bond donors (Lipinski definition) is 4. The van der Waals surface area contributed by atoms with Crippen LogP contribution in [0.1, 0.15) is 23.7 Å². The largest absolute Gasteiger partial charge is 0.573 e. The highest BCUT2D eigenvalue weighted by atomic mass is 19.4. The number of alkyl halides is 3. The van der Waals surface area contributed by atoms with E-state index in [0.29, 0.717) is 5.69 Å². The molecule has 37 heavy (non-hydrogen) atoms. The van der Waals surface area contributed by atoms with E-state index in [1.165, 1.54) is 37.4 Å². The van der Waals surface area contributed by atoms with Gasteiger partial charge in [-0.2, -0.15) is 0 Å². The molecule has 13 heteroatoms. The topological polar surface area (TPSA) is 130 Å². The number of carboxylic acid groups (broad SMARTS) is 1. The van der Waals surface area contributed by atoms with Gasteiger partial charge >= 0.3 is 18.4 Å². The van der Waals surface area contributed by atoms with E-state index in [0.717, 1.165) is 22.8 Å². The zero-order chi connectivity index (χ0) is 27.5.